The minimum absolute atomic E-state index is 0. The van der Waals surface area contributed by atoms with Gasteiger partial charge in [0, 0.05) is 38.6 Å². The molecule has 2 aromatic rings. The molecule has 1 unspecified atom stereocenters. The highest BCUT2D eigenvalue weighted by atomic mass is 35.5. The Morgan fingerprint density at radius 3 is 2.41 bits per heavy atom. The summed E-state index contributed by atoms with van der Waals surface area (Å²) in [5.74, 6) is 0.742. The molecule has 1 atom stereocenters. The van der Waals surface area contributed by atoms with Gasteiger partial charge in [-0.05, 0) is 54.1 Å². The molecule has 0 bridgehead atoms. The molecule has 1 N–H and O–H groups in total. The van der Waals surface area contributed by atoms with Gasteiger partial charge in [-0.3, -0.25) is 9.69 Å². The van der Waals surface area contributed by atoms with E-state index in [1.165, 1.54) is 29.2 Å². The minimum Gasteiger partial charge on any atom is -0.340 e. The van der Waals surface area contributed by atoms with Crippen LogP contribution < -0.4 is 5.32 Å². The zero-order valence-electron chi connectivity index (χ0n) is 16.8. The third-order valence-corrected chi connectivity index (χ3v) is 7.05. The van der Waals surface area contributed by atoms with Crippen molar-refractivity contribution in [1.82, 2.24) is 15.1 Å². The molecule has 5 rings (SSSR count). The van der Waals surface area contributed by atoms with E-state index in [1.54, 1.807) is 0 Å². The average molecular weight is 436 g/mol. The van der Waals surface area contributed by atoms with Crippen LogP contribution in [0.2, 0.25) is 0 Å². The van der Waals surface area contributed by atoms with Crippen LogP contribution in [0.15, 0.2) is 42.5 Å². The van der Waals surface area contributed by atoms with E-state index in [4.69, 9.17) is 0 Å². The molecule has 2 aromatic carbocycles. The zero-order chi connectivity index (χ0) is 18.3. The average Bonchev–Trinajstić information content (AvgIpc) is 3.41. The van der Waals surface area contributed by atoms with Gasteiger partial charge in [0.1, 0.15) is 0 Å². The number of halogens is 2. The minimum atomic E-state index is 0. The SMILES string of the molecule is Cl.Cl.O=C(C1CC12CCNCC2)N1CCN(Cc2cccc3ccccc23)CC1. The van der Waals surface area contributed by atoms with Gasteiger partial charge in [-0.25, -0.2) is 0 Å². The molecule has 0 aromatic heterocycles. The highest BCUT2D eigenvalue weighted by molar-refractivity contribution is 5.86. The number of rotatable bonds is 3. The van der Waals surface area contributed by atoms with Crippen molar-refractivity contribution in [2.24, 2.45) is 11.3 Å². The topological polar surface area (TPSA) is 35.6 Å². The third-order valence-electron chi connectivity index (χ3n) is 7.05. The van der Waals surface area contributed by atoms with Crippen LogP contribution in [0.4, 0.5) is 0 Å². The summed E-state index contributed by atoms with van der Waals surface area (Å²) in [4.78, 5) is 17.6. The van der Waals surface area contributed by atoms with E-state index in [0.717, 1.165) is 52.2 Å². The van der Waals surface area contributed by atoms with Crippen molar-refractivity contribution < 1.29 is 4.79 Å². The normalized spacial score (nSPS) is 23.3. The molecule has 29 heavy (non-hydrogen) atoms. The molecular formula is C23H31Cl2N3O. The van der Waals surface area contributed by atoms with Gasteiger partial charge in [-0.15, -0.1) is 24.8 Å². The van der Waals surface area contributed by atoms with Crippen molar-refractivity contribution in [2.75, 3.05) is 39.3 Å². The van der Waals surface area contributed by atoms with E-state index >= 15 is 0 Å². The van der Waals surface area contributed by atoms with Gasteiger partial charge in [0.2, 0.25) is 5.91 Å². The maximum Gasteiger partial charge on any atom is 0.226 e. The molecule has 2 aliphatic heterocycles. The van der Waals surface area contributed by atoms with E-state index < -0.39 is 0 Å². The van der Waals surface area contributed by atoms with Crippen molar-refractivity contribution >= 4 is 41.5 Å². The van der Waals surface area contributed by atoms with E-state index in [0.29, 0.717) is 17.2 Å². The van der Waals surface area contributed by atoms with Crippen LogP contribution in [-0.4, -0.2) is 55.0 Å². The molecule has 1 amide bonds. The molecule has 3 aliphatic rings. The molecule has 0 radical (unpaired) electrons. The number of hydrogen-bond donors (Lipinski definition) is 1. The molecule has 3 fully saturated rings. The van der Waals surface area contributed by atoms with E-state index in [9.17, 15) is 4.79 Å². The molecule has 158 valence electrons. The van der Waals surface area contributed by atoms with Gasteiger partial charge in [-0.2, -0.15) is 0 Å². The number of benzene rings is 2. The molecule has 4 nitrogen and oxygen atoms in total. The summed E-state index contributed by atoms with van der Waals surface area (Å²) >= 11 is 0. The lowest BCUT2D eigenvalue weighted by molar-refractivity contribution is -0.135. The first-order chi connectivity index (χ1) is 13.3. The summed E-state index contributed by atoms with van der Waals surface area (Å²) in [5, 5.41) is 6.09. The Morgan fingerprint density at radius 1 is 0.966 bits per heavy atom. The summed E-state index contributed by atoms with van der Waals surface area (Å²) in [6.07, 6.45) is 3.50. The Bertz CT molecular complexity index is 840. The summed E-state index contributed by atoms with van der Waals surface area (Å²) in [6, 6.07) is 15.2. The second-order valence-corrected chi connectivity index (χ2v) is 8.61. The van der Waals surface area contributed by atoms with Gasteiger partial charge >= 0.3 is 0 Å². The molecule has 2 heterocycles. The number of piperidine rings is 1. The second-order valence-electron chi connectivity index (χ2n) is 8.61. The van der Waals surface area contributed by atoms with Crippen LogP contribution >= 0.6 is 24.8 Å². The number of amides is 1. The van der Waals surface area contributed by atoms with E-state index in [2.05, 4.69) is 57.6 Å². The highest BCUT2D eigenvalue weighted by Gasteiger charge is 2.58. The number of piperazine rings is 1. The fourth-order valence-electron chi connectivity index (χ4n) is 5.19. The maximum atomic E-state index is 13.0. The fraction of sp³-hybridized carbons (Fsp3) is 0.522. The van der Waals surface area contributed by atoms with Crippen LogP contribution in [-0.2, 0) is 11.3 Å². The summed E-state index contributed by atoms with van der Waals surface area (Å²) < 4.78 is 0. The quantitative estimate of drug-likeness (QED) is 0.797. The Balaban J connectivity index is 0.00000120. The van der Waals surface area contributed by atoms with Crippen molar-refractivity contribution in [1.29, 1.82) is 0 Å². The second kappa shape index (κ2) is 9.22. The number of hydrogen-bond acceptors (Lipinski definition) is 3. The lowest BCUT2D eigenvalue weighted by Crippen LogP contribution is -2.49. The standard InChI is InChI=1S/C23H29N3O.2ClH/c27-22(21-16-23(21)8-10-24-11-9-23)26-14-12-25(13-15-26)17-19-6-3-5-18-4-1-2-7-20(18)19;;/h1-7,21,24H,8-17H2;2*1H. The molecular weight excluding hydrogens is 405 g/mol. The first-order valence-corrected chi connectivity index (χ1v) is 10.4. The Labute approximate surface area is 185 Å². The molecule has 1 saturated carbocycles. The van der Waals surface area contributed by atoms with Gasteiger partial charge < -0.3 is 10.2 Å². The van der Waals surface area contributed by atoms with Crippen molar-refractivity contribution in [3.05, 3.63) is 48.0 Å². The summed E-state index contributed by atoms with van der Waals surface area (Å²) in [5.41, 5.74) is 1.74. The number of nitrogens with one attached hydrogen (secondary N) is 1. The smallest absolute Gasteiger partial charge is 0.226 e. The zero-order valence-corrected chi connectivity index (χ0v) is 18.4. The van der Waals surface area contributed by atoms with Crippen LogP contribution in [0.25, 0.3) is 10.8 Å². The number of nitrogens with zero attached hydrogens (tertiary/aromatic N) is 2. The van der Waals surface area contributed by atoms with E-state index in [-0.39, 0.29) is 24.8 Å². The van der Waals surface area contributed by atoms with Crippen LogP contribution in [0.1, 0.15) is 24.8 Å². The largest absolute Gasteiger partial charge is 0.340 e. The van der Waals surface area contributed by atoms with Crippen molar-refractivity contribution in [3.8, 4) is 0 Å². The molecule has 2 saturated heterocycles. The number of carbonyl (C=O) groups is 1. The van der Waals surface area contributed by atoms with E-state index in [1.807, 2.05) is 0 Å². The third kappa shape index (κ3) is 4.41. The predicted molar refractivity (Wildman–Crippen MR) is 123 cm³/mol. The summed E-state index contributed by atoms with van der Waals surface area (Å²) in [7, 11) is 0. The Hall–Kier alpha value is -1.33. The van der Waals surface area contributed by atoms with Gasteiger partial charge in [0.15, 0.2) is 0 Å². The molecule has 1 spiro atoms. The van der Waals surface area contributed by atoms with Crippen LogP contribution in [0, 0.1) is 11.3 Å². The van der Waals surface area contributed by atoms with Gasteiger partial charge in [0.25, 0.3) is 0 Å². The monoisotopic (exact) mass is 435 g/mol. The lowest BCUT2D eigenvalue weighted by Gasteiger charge is -2.35. The first-order valence-electron chi connectivity index (χ1n) is 10.4. The lowest BCUT2D eigenvalue weighted by atomic mass is 9.91. The van der Waals surface area contributed by atoms with Gasteiger partial charge in [-0.1, -0.05) is 42.5 Å². The highest BCUT2D eigenvalue weighted by Crippen LogP contribution is 2.59. The molecule has 6 heteroatoms. The number of fused-ring (bicyclic) bond motifs is 1. The Morgan fingerprint density at radius 2 is 1.66 bits per heavy atom. The molecule has 1 aliphatic carbocycles. The maximum absolute atomic E-state index is 13.0. The first kappa shape index (κ1) is 22.4. The van der Waals surface area contributed by atoms with Crippen molar-refractivity contribution in [3.63, 3.8) is 0 Å². The van der Waals surface area contributed by atoms with Crippen molar-refractivity contribution in [2.45, 2.75) is 25.8 Å². The van der Waals surface area contributed by atoms with Crippen LogP contribution in [0.3, 0.4) is 0 Å². The van der Waals surface area contributed by atoms with Gasteiger partial charge in [0.05, 0.1) is 0 Å². The Kier molecular flexibility index (Phi) is 7.10. The predicted octanol–water partition coefficient (Wildman–Crippen LogP) is 3.72. The fourth-order valence-corrected chi connectivity index (χ4v) is 5.19. The number of carbonyl (C=O) groups excluding carboxylic acids is 1. The summed E-state index contributed by atoms with van der Waals surface area (Å²) in [6.45, 7) is 6.88. The van der Waals surface area contributed by atoms with Crippen LogP contribution in [0.5, 0.6) is 0 Å².